The number of anilines is 3. The molecule has 0 unspecified atom stereocenters. The number of nitrogens with one attached hydrogen (secondary N) is 2. The Morgan fingerprint density at radius 3 is 2.46 bits per heavy atom. The summed E-state index contributed by atoms with van der Waals surface area (Å²) in [4.78, 5) is 20.6. The third kappa shape index (κ3) is 3.78. The highest BCUT2D eigenvalue weighted by Gasteiger charge is 2.11. The Labute approximate surface area is 148 Å². The molecule has 3 aromatic rings. The van der Waals surface area contributed by atoms with E-state index in [-0.39, 0.29) is 11.6 Å². The van der Waals surface area contributed by atoms with Gasteiger partial charge in [0.05, 0.1) is 5.69 Å². The molecular formula is C18H15BrN4O. The standard InChI is InChI=1S/C18H15BrN4O/c1-12-6-2-4-8-14(12)22-17-10-16(20-11-21-17)18(24)23-15-9-5-3-7-13(15)19/h2-11H,1H3,(H,23,24)(H,20,21,22). The molecule has 3 rings (SSSR count). The second-order valence-corrected chi connectivity index (χ2v) is 6.02. The van der Waals surface area contributed by atoms with Crippen LogP contribution in [0.2, 0.25) is 0 Å². The van der Waals surface area contributed by atoms with E-state index in [4.69, 9.17) is 0 Å². The lowest BCUT2D eigenvalue weighted by atomic mass is 10.2. The zero-order valence-electron chi connectivity index (χ0n) is 13.0. The van der Waals surface area contributed by atoms with Gasteiger partial charge in [-0.05, 0) is 46.6 Å². The van der Waals surface area contributed by atoms with Gasteiger partial charge < -0.3 is 10.6 Å². The number of halogens is 1. The van der Waals surface area contributed by atoms with Crippen molar-refractivity contribution in [1.29, 1.82) is 0 Å². The Hall–Kier alpha value is -2.73. The van der Waals surface area contributed by atoms with Crippen LogP contribution in [0.4, 0.5) is 17.2 Å². The van der Waals surface area contributed by atoms with Gasteiger partial charge in [0.2, 0.25) is 0 Å². The lowest BCUT2D eigenvalue weighted by Crippen LogP contribution is -2.14. The Bertz CT molecular complexity index is 882. The van der Waals surface area contributed by atoms with Gasteiger partial charge in [-0.3, -0.25) is 4.79 Å². The van der Waals surface area contributed by atoms with Crippen LogP contribution in [-0.4, -0.2) is 15.9 Å². The Morgan fingerprint density at radius 2 is 1.71 bits per heavy atom. The lowest BCUT2D eigenvalue weighted by Gasteiger charge is -2.10. The Balaban J connectivity index is 1.79. The predicted octanol–water partition coefficient (Wildman–Crippen LogP) is 4.54. The molecule has 0 radical (unpaired) electrons. The van der Waals surface area contributed by atoms with Crippen molar-refractivity contribution < 1.29 is 4.79 Å². The first-order valence-electron chi connectivity index (χ1n) is 7.34. The summed E-state index contributed by atoms with van der Waals surface area (Å²) in [7, 11) is 0. The molecule has 0 aliphatic carbocycles. The summed E-state index contributed by atoms with van der Waals surface area (Å²) >= 11 is 3.40. The van der Waals surface area contributed by atoms with Gasteiger partial charge >= 0.3 is 0 Å². The van der Waals surface area contributed by atoms with Crippen LogP contribution in [0, 0.1) is 6.92 Å². The zero-order valence-corrected chi connectivity index (χ0v) is 14.5. The number of benzene rings is 2. The monoisotopic (exact) mass is 382 g/mol. The van der Waals surface area contributed by atoms with Crippen LogP contribution in [-0.2, 0) is 0 Å². The number of carbonyl (C=O) groups excluding carboxylic acids is 1. The predicted molar refractivity (Wildman–Crippen MR) is 98.6 cm³/mol. The fraction of sp³-hybridized carbons (Fsp3) is 0.0556. The van der Waals surface area contributed by atoms with Crippen LogP contribution >= 0.6 is 15.9 Å². The molecule has 0 saturated carbocycles. The first-order valence-corrected chi connectivity index (χ1v) is 8.13. The highest BCUT2D eigenvalue weighted by Crippen LogP contribution is 2.22. The van der Waals surface area contributed by atoms with Crippen molar-refractivity contribution in [3.63, 3.8) is 0 Å². The molecule has 0 aliphatic rings. The van der Waals surface area contributed by atoms with E-state index in [9.17, 15) is 4.79 Å². The van der Waals surface area contributed by atoms with E-state index < -0.39 is 0 Å². The molecule has 0 fully saturated rings. The molecule has 1 amide bonds. The molecular weight excluding hydrogens is 368 g/mol. The number of nitrogens with zero attached hydrogens (tertiary/aromatic N) is 2. The van der Waals surface area contributed by atoms with E-state index in [1.807, 2.05) is 55.5 Å². The summed E-state index contributed by atoms with van der Waals surface area (Å²) in [5.41, 5.74) is 3.01. The van der Waals surface area contributed by atoms with E-state index in [2.05, 4.69) is 36.5 Å². The van der Waals surface area contributed by atoms with Gasteiger partial charge in [0.25, 0.3) is 5.91 Å². The average Bonchev–Trinajstić information content (AvgIpc) is 2.59. The summed E-state index contributed by atoms with van der Waals surface area (Å²) < 4.78 is 0.811. The van der Waals surface area contributed by atoms with E-state index in [0.29, 0.717) is 11.5 Å². The van der Waals surface area contributed by atoms with Crippen LogP contribution in [0.15, 0.2) is 65.4 Å². The van der Waals surface area contributed by atoms with Crippen LogP contribution in [0.1, 0.15) is 16.1 Å². The van der Waals surface area contributed by atoms with Crippen LogP contribution < -0.4 is 10.6 Å². The van der Waals surface area contributed by atoms with Gasteiger partial charge in [0, 0.05) is 16.2 Å². The lowest BCUT2D eigenvalue weighted by molar-refractivity contribution is 0.102. The van der Waals surface area contributed by atoms with E-state index in [0.717, 1.165) is 15.7 Å². The molecule has 0 aliphatic heterocycles. The number of rotatable bonds is 4. The normalized spacial score (nSPS) is 10.2. The minimum absolute atomic E-state index is 0.289. The summed E-state index contributed by atoms with van der Waals surface area (Å²) in [6, 6.07) is 16.9. The number of hydrogen-bond donors (Lipinski definition) is 2. The molecule has 1 aromatic heterocycles. The average molecular weight is 383 g/mol. The van der Waals surface area contributed by atoms with Crippen LogP contribution in [0.3, 0.4) is 0 Å². The largest absolute Gasteiger partial charge is 0.340 e. The fourth-order valence-corrected chi connectivity index (χ4v) is 2.53. The summed E-state index contributed by atoms with van der Waals surface area (Å²) in [5.74, 6) is 0.272. The number of aryl methyl sites for hydroxylation is 1. The van der Waals surface area contributed by atoms with E-state index in [1.54, 1.807) is 6.07 Å². The van der Waals surface area contributed by atoms with Crippen molar-refractivity contribution in [3.8, 4) is 0 Å². The number of para-hydroxylation sites is 2. The SMILES string of the molecule is Cc1ccccc1Nc1cc(C(=O)Nc2ccccc2Br)ncn1. The number of amides is 1. The van der Waals surface area contributed by atoms with Gasteiger partial charge in [0.1, 0.15) is 17.8 Å². The summed E-state index contributed by atoms with van der Waals surface area (Å²) in [6.45, 7) is 2.00. The maximum atomic E-state index is 12.4. The number of carbonyl (C=O) groups is 1. The third-order valence-electron chi connectivity index (χ3n) is 3.43. The molecule has 0 atom stereocenters. The van der Waals surface area contributed by atoms with Crippen molar-refractivity contribution in [3.05, 3.63) is 76.7 Å². The second-order valence-electron chi connectivity index (χ2n) is 5.16. The third-order valence-corrected chi connectivity index (χ3v) is 4.12. The van der Waals surface area contributed by atoms with Crippen LogP contribution in [0.25, 0.3) is 0 Å². The molecule has 0 saturated heterocycles. The first-order chi connectivity index (χ1) is 11.6. The second kappa shape index (κ2) is 7.23. The minimum atomic E-state index is -0.294. The molecule has 120 valence electrons. The Morgan fingerprint density at radius 1 is 1.00 bits per heavy atom. The maximum Gasteiger partial charge on any atom is 0.274 e. The molecule has 2 N–H and O–H groups in total. The summed E-state index contributed by atoms with van der Waals surface area (Å²) in [5, 5.41) is 6.03. The van der Waals surface area contributed by atoms with E-state index >= 15 is 0 Å². The van der Waals surface area contributed by atoms with Gasteiger partial charge in [-0.1, -0.05) is 30.3 Å². The smallest absolute Gasteiger partial charge is 0.274 e. The topological polar surface area (TPSA) is 66.9 Å². The number of aromatic nitrogens is 2. The molecule has 2 aromatic carbocycles. The molecule has 24 heavy (non-hydrogen) atoms. The molecule has 1 heterocycles. The van der Waals surface area contributed by atoms with Gasteiger partial charge in [-0.15, -0.1) is 0 Å². The molecule has 0 bridgehead atoms. The van der Waals surface area contributed by atoms with Gasteiger partial charge in [-0.25, -0.2) is 9.97 Å². The highest BCUT2D eigenvalue weighted by atomic mass is 79.9. The van der Waals surface area contributed by atoms with Gasteiger partial charge in [0.15, 0.2) is 0 Å². The summed E-state index contributed by atoms with van der Waals surface area (Å²) in [6.07, 6.45) is 1.37. The van der Waals surface area contributed by atoms with Crippen molar-refractivity contribution >= 4 is 39.0 Å². The minimum Gasteiger partial charge on any atom is -0.340 e. The van der Waals surface area contributed by atoms with Crippen molar-refractivity contribution in [2.75, 3.05) is 10.6 Å². The molecule has 6 heteroatoms. The number of hydrogen-bond acceptors (Lipinski definition) is 4. The van der Waals surface area contributed by atoms with Crippen molar-refractivity contribution in [2.45, 2.75) is 6.92 Å². The fourth-order valence-electron chi connectivity index (χ4n) is 2.15. The van der Waals surface area contributed by atoms with Crippen molar-refractivity contribution in [1.82, 2.24) is 9.97 Å². The molecule has 5 nitrogen and oxygen atoms in total. The molecule has 0 spiro atoms. The Kier molecular flexibility index (Phi) is 4.86. The van der Waals surface area contributed by atoms with Gasteiger partial charge in [-0.2, -0.15) is 0 Å². The quantitative estimate of drug-likeness (QED) is 0.694. The maximum absolute atomic E-state index is 12.4. The highest BCUT2D eigenvalue weighted by molar-refractivity contribution is 9.10. The van der Waals surface area contributed by atoms with Crippen LogP contribution in [0.5, 0.6) is 0 Å². The zero-order chi connectivity index (χ0) is 16.9. The van der Waals surface area contributed by atoms with E-state index in [1.165, 1.54) is 6.33 Å². The van der Waals surface area contributed by atoms with Crippen molar-refractivity contribution in [2.24, 2.45) is 0 Å². The first kappa shape index (κ1) is 16.1.